The van der Waals surface area contributed by atoms with Crippen LogP contribution in [0.15, 0.2) is 18.2 Å². The van der Waals surface area contributed by atoms with Crippen molar-refractivity contribution in [3.05, 3.63) is 28.5 Å². The van der Waals surface area contributed by atoms with E-state index in [9.17, 15) is 8.78 Å². The number of H-pyrrole nitrogens is 1. The van der Waals surface area contributed by atoms with E-state index in [1.54, 1.807) is 0 Å². The summed E-state index contributed by atoms with van der Waals surface area (Å²) >= 11 is 5.01. The van der Waals surface area contributed by atoms with E-state index >= 15 is 0 Å². The largest absolute Gasteiger partial charge is 0.331 e. The Hall–Kier alpha value is -1.23. The number of aromatic amines is 1. The van der Waals surface area contributed by atoms with Crippen LogP contribution < -0.4 is 0 Å². The van der Waals surface area contributed by atoms with Crippen molar-refractivity contribution in [1.29, 1.82) is 0 Å². The molecule has 0 fully saturated rings. The highest BCUT2D eigenvalue weighted by atomic mass is 32.1. The van der Waals surface area contributed by atoms with Crippen LogP contribution in [0.25, 0.3) is 11.0 Å². The van der Waals surface area contributed by atoms with E-state index in [1.165, 1.54) is 4.57 Å². The number of rotatable bonds is 2. The zero-order valence-corrected chi connectivity index (χ0v) is 8.94. The fraction of sp³-hybridized carbons (Fsp3) is 0.300. The van der Waals surface area contributed by atoms with Gasteiger partial charge in [0.05, 0.1) is 17.6 Å². The molecule has 0 spiro atoms. The first-order chi connectivity index (χ1) is 7.09. The molecule has 1 aromatic heterocycles. The Balaban J connectivity index is 2.71. The molecular formula is C10H10F2N2S. The van der Waals surface area contributed by atoms with Gasteiger partial charge >= 0.3 is 0 Å². The Labute approximate surface area is 90.5 Å². The van der Waals surface area contributed by atoms with Crippen LogP contribution in [0.1, 0.15) is 5.56 Å². The number of hydrogen-bond donors (Lipinski definition) is 1. The van der Waals surface area contributed by atoms with Crippen LogP contribution in [0, 0.1) is 11.7 Å². The minimum Gasteiger partial charge on any atom is -0.331 e. The topological polar surface area (TPSA) is 20.7 Å². The molecule has 0 saturated carbocycles. The van der Waals surface area contributed by atoms with Gasteiger partial charge in [0.1, 0.15) is 0 Å². The molecule has 1 heterocycles. The van der Waals surface area contributed by atoms with Crippen LogP contribution >= 0.6 is 12.2 Å². The van der Waals surface area contributed by atoms with Crippen molar-refractivity contribution >= 4 is 23.3 Å². The molecular weight excluding hydrogens is 218 g/mol. The summed E-state index contributed by atoms with van der Waals surface area (Å²) in [6, 6.07) is 5.59. The Kier molecular flexibility index (Phi) is 2.56. The third-order valence-electron chi connectivity index (χ3n) is 2.32. The maximum absolute atomic E-state index is 12.4. The number of hydrogen-bond acceptors (Lipinski definition) is 1. The average molecular weight is 228 g/mol. The van der Waals surface area contributed by atoms with Crippen LogP contribution in [0.4, 0.5) is 8.78 Å². The van der Waals surface area contributed by atoms with Gasteiger partial charge in [-0.25, -0.2) is 8.78 Å². The summed E-state index contributed by atoms with van der Waals surface area (Å²) in [6.45, 7) is 1.52. The molecule has 0 bridgehead atoms. The highest BCUT2D eigenvalue weighted by molar-refractivity contribution is 7.71. The molecule has 2 aromatic rings. The first kappa shape index (κ1) is 10.3. The Morgan fingerprint density at radius 1 is 1.47 bits per heavy atom. The highest BCUT2D eigenvalue weighted by Crippen LogP contribution is 2.19. The van der Waals surface area contributed by atoms with E-state index in [0.717, 1.165) is 16.6 Å². The lowest BCUT2D eigenvalue weighted by Crippen LogP contribution is -2.06. The van der Waals surface area contributed by atoms with Gasteiger partial charge in [0, 0.05) is 0 Å². The van der Waals surface area contributed by atoms with Gasteiger partial charge in [-0.1, -0.05) is 12.1 Å². The molecule has 0 unspecified atom stereocenters. The van der Waals surface area contributed by atoms with Gasteiger partial charge in [0.15, 0.2) is 4.77 Å². The zero-order chi connectivity index (χ0) is 11.0. The number of imidazole rings is 1. The second-order valence-corrected chi connectivity index (χ2v) is 3.79. The smallest absolute Gasteiger partial charge is 0.256 e. The number of aryl methyl sites for hydroxylation is 1. The predicted octanol–water partition coefficient (Wildman–Crippen LogP) is 3.27. The van der Waals surface area contributed by atoms with E-state index in [-0.39, 0.29) is 6.54 Å². The predicted molar refractivity (Wildman–Crippen MR) is 57.9 cm³/mol. The van der Waals surface area contributed by atoms with Crippen molar-refractivity contribution in [3.8, 4) is 0 Å². The average Bonchev–Trinajstić information content (AvgIpc) is 2.43. The Morgan fingerprint density at radius 3 is 2.87 bits per heavy atom. The summed E-state index contributed by atoms with van der Waals surface area (Å²) in [4.78, 5) is 2.92. The number of alkyl halides is 2. The molecule has 80 valence electrons. The van der Waals surface area contributed by atoms with Crippen molar-refractivity contribution in [2.45, 2.75) is 19.9 Å². The Bertz CT molecular complexity index is 542. The quantitative estimate of drug-likeness (QED) is 0.782. The van der Waals surface area contributed by atoms with E-state index in [4.69, 9.17) is 12.2 Å². The van der Waals surface area contributed by atoms with E-state index in [1.807, 2.05) is 25.1 Å². The number of nitrogens with zero attached hydrogens (tertiary/aromatic N) is 1. The molecule has 0 amide bonds. The number of benzene rings is 1. The summed E-state index contributed by atoms with van der Waals surface area (Å²) in [7, 11) is 0. The molecule has 15 heavy (non-hydrogen) atoms. The van der Waals surface area contributed by atoms with Crippen LogP contribution in [0.5, 0.6) is 0 Å². The normalized spacial score (nSPS) is 11.5. The molecule has 0 saturated heterocycles. The number of para-hydroxylation sites is 1. The first-order valence-electron chi connectivity index (χ1n) is 4.56. The molecule has 0 radical (unpaired) electrons. The SMILES string of the molecule is Cc1cccc2[nH]c(=S)n(CC(F)F)c12. The highest BCUT2D eigenvalue weighted by Gasteiger charge is 2.10. The summed E-state index contributed by atoms with van der Waals surface area (Å²) < 4.78 is 26.5. The van der Waals surface area contributed by atoms with Crippen molar-refractivity contribution in [1.82, 2.24) is 9.55 Å². The monoisotopic (exact) mass is 228 g/mol. The maximum atomic E-state index is 12.4. The zero-order valence-electron chi connectivity index (χ0n) is 8.13. The summed E-state index contributed by atoms with van der Waals surface area (Å²) in [5, 5.41) is 0. The van der Waals surface area contributed by atoms with Gasteiger partial charge in [-0.2, -0.15) is 0 Å². The fourth-order valence-corrected chi connectivity index (χ4v) is 1.99. The number of fused-ring (bicyclic) bond motifs is 1. The van der Waals surface area contributed by atoms with E-state index in [0.29, 0.717) is 4.77 Å². The van der Waals surface area contributed by atoms with Crippen LogP contribution in [-0.4, -0.2) is 16.0 Å². The molecule has 2 rings (SSSR count). The third kappa shape index (κ3) is 1.79. The van der Waals surface area contributed by atoms with Gasteiger partial charge in [0.25, 0.3) is 6.43 Å². The molecule has 5 heteroatoms. The molecule has 0 aliphatic carbocycles. The maximum Gasteiger partial charge on any atom is 0.256 e. The second-order valence-electron chi connectivity index (χ2n) is 3.40. The third-order valence-corrected chi connectivity index (χ3v) is 2.64. The minimum atomic E-state index is -2.39. The van der Waals surface area contributed by atoms with Gasteiger partial charge in [-0.15, -0.1) is 0 Å². The molecule has 2 nitrogen and oxygen atoms in total. The van der Waals surface area contributed by atoms with E-state index < -0.39 is 6.43 Å². The van der Waals surface area contributed by atoms with Crippen molar-refractivity contribution in [2.75, 3.05) is 0 Å². The lowest BCUT2D eigenvalue weighted by atomic mass is 10.2. The van der Waals surface area contributed by atoms with Gasteiger partial charge in [0.2, 0.25) is 0 Å². The molecule has 0 atom stereocenters. The lowest BCUT2D eigenvalue weighted by Gasteiger charge is -2.04. The van der Waals surface area contributed by atoms with Gasteiger partial charge in [-0.3, -0.25) is 0 Å². The number of aromatic nitrogens is 2. The summed E-state index contributed by atoms with van der Waals surface area (Å²) in [5.74, 6) is 0. The van der Waals surface area contributed by atoms with Gasteiger partial charge in [-0.05, 0) is 30.8 Å². The molecule has 0 aliphatic rings. The first-order valence-corrected chi connectivity index (χ1v) is 4.96. The van der Waals surface area contributed by atoms with Crippen LogP contribution in [0.3, 0.4) is 0 Å². The summed E-state index contributed by atoms with van der Waals surface area (Å²) in [5.41, 5.74) is 2.52. The number of halogens is 2. The molecule has 1 N–H and O–H groups in total. The Morgan fingerprint density at radius 2 is 2.20 bits per heavy atom. The van der Waals surface area contributed by atoms with Crippen LogP contribution in [0.2, 0.25) is 0 Å². The molecule has 1 aromatic carbocycles. The lowest BCUT2D eigenvalue weighted by molar-refractivity contribution is 0.127. The second kappa shape index (κ2) is 3.73. The van der Waals surface area contributed by atoms with Crippen molar-refractivity contribution in [3.63, 3.8) is 0 Å². The minimum absolute atomic E-state index is 0.347. The number of nitrogens with one attached hydrogen (secondary N) is 1. The van der Waals surface area contributed by atoms with Gasteiger partial charge < -0.3 is 9.55 Å². The van der Waals surface area contributed by atoms with Crippen LogP contribution in [-0.2, 0) is 6.54 Å². The molecule has 0 aliphatic heterocycles. The fourth-order valence-electron chi connectivity index (χ4n) is 1.71. The summed E-state index contributed by atoms with van der Waals surface area (Å²) in [6.07, 6.45) is -2.39. The standard InChI is InChI=1S/C10H10F2N2S/c1-6-3-2-4-7-9(6)14(5-8(11)12)10(15)13-7/h2-4,8H,5H2,1H3,(H,13,15). The van der Waals surface area contributed by atoms with E-state index in [2.05, 4.69) is 4.98 Å². The van der Waals surface area contributed by atoms with Crippen molar-refractivity contribution in [2.24, 2.45) is 0 Å². The van der Waals surface area contributed by atoms with Crippen molar-refractivity contribution < 1.29 is 8.78 Å².